The predicted molar refractivity (Wildman–Crippen MR) is 79.9 cm³/mol. The van der Waals surface area contributed by atoms with Crippen molar-refractivity contribution in [1.82, 2.24) is 0 Å². The molecule has 6 heteroatoms. The summed E-state index contributed by atoms with van der Waals surface area (Å²) in [5, 5.41) is 2.71. The molecule has 20 heavy (non-hydrogen) atoms. The van der Waals surface area contributed by atoms with E-state index >= 15 is 0 Å². The first kappa shape index (κ1) is 14.3. The van der Waals surface area contributed by atoms with Gasteiger partial charge in [0.25, 0.3) is 5.91 Å². The van der Waals surface area contributed by atoms with Crippen molar-refractivity contribution >= 4 is 39.1 Å². The van der Waals surface area contributed by atoms with Gasteiger partial charge in [-0.15, -0.1) is 0 Å². The maximum atomic E-state index is 11.9. The second-order valence-corrected chi connectivity index (χ2v) is 4.97. The van der Waals surface area contributed by atoms with Crippen molar-refractivity contribution in [3.8, 4) is 0 Å². The molecule has 1 heterocycles. The number of benzene rings is 1. The second-order valence-electron chi connectivity index (χ2n) is 4.19. The van der Waals surface area contributed by atoms with Crippen LogP contribution in [0.3, 0.4) is 0 Å². The lowest BCUT2D eigenvalue weighted by Crippen LogP contribution is -2.22. The average molecular weight is 337 g/mol. The van der Waals surface area contributed by atoms with E-state index in [2.05, 4.69) is 21.2 Å². The van der Waals surface area contributed by atoms with Gasteiger partial charge in [-0.1, -0.05) is 6.07 Å². The SMILES string of the molecule is CC(=O)N(C)c1cccc(NC(=O)c2ccc(Br)o2)c1. The van der Waals surface area contributed by atoms with Gasteiger partial charge in [-0.25, -0.2) is 0 Å². The minimum absolute atomic E-state index is 0.0801. The van der Waals surface area contributed by atoms with Crippen LogP contribution < -0.4 is 10.2 Å². The average Bonchev–Trinajstić information content (AvgIpc) is 2.85. The molecule has 1 aromatic heterocycles. The van der Waals surface area contributed by atoms with Crippen molar-refractivity contribution in [3.63, 3.8) is 0 Å². The number of rotatable bonds is 3. The van der Waals surface area contributed by atoms with E-state index in [4.69, 9.17) is 4.42 Å². The van der Waals surface area contributed by atoms with Gasteiger partial charge in [-0.05, 0) is 46.3 Å². The first-order valence-corrected chi connectivity index (χ1v) is 6.67. The van der Waals surface area contributed by atoms with Crippen molar-refractivity contribution < 1.29 is 14.0 Å². The molecule has 0 spiro atoms. The van der Waals surface area contributed by atoms with Gasteiger partial charge in [-0.2, -0.15) is 0 Å². The van der Waals surface area contributed by atoms with Gasteiger partial charge in [-0.3, -0.25) is 9.59 Å². The van der Waals surface area contributed by atoms with Crippen molar-refractivity contribution in [2.45, 2.75) is 6.92 Å². The van der Waals surface area contributed by atoms with Crippen molar-refractivity contribution in [2.24, 2.45) is 0 Å². The molecule has 2 rings (SSSR count). The van der Waals surface area contributed by atoms with Gasteiger partial charge in [0.05, 0.1) is 0 Å². The lowest BCUT2D eigenvalue weighted by atomic mass is 10.2. The monoisotopic (exact) mass is 336 g/mol. The van der Waals surface area contributed by atoms with E-state index in [0.717, 1.165) is 0 Å². The second kappa shape index (κ2) is 5.92. The molecule has 0 unspecified atom stereocenters. The standard InChI is InChI=1S/C14H13BrN2O3/c1-9(18)17(2)11-5-3-4-10(8-11)16-14(19)12-6-7-13(15)20-12/h3-8H,1-2H3,(H,16,19). The van der Waals surface area contributed by atoms with Gasteiger partial charge < -0.3 is 14.6 Å². The quantitative estimate of drug-likeness (QED) is 0.935. The number of amides is 2. The Morgan fingerprint density at radius 1 is 1.25 bits per heavy atom. The Morgan fingerprint density at radius 3 is 2.60 bits per heavy atom. The summed E-state index contributed by atoms with van der Waals surface area (Å²) in [6.45, 7) is 1.48. The molecule has 5 nitrogen and oxygen atoms in total. The summed E-state index contributed by atoms with van der Waals surface area (Å²) in [6, 6.07) is 10.2. The number of nitrogens with one attached hydrogen (secondary N) is 1. The van der Waals surface area contributed by atoms with E-state index in [1.54, 1.807) is 43.4 Å². The summed E-state index contributed by atoms with van der Waals surface area (Å²) in [6.07, 6.45) is 0. The molecule has 2 aromatic rings. The van der Waals surface area contributed by atoms with Crippen LogP contribution in [0.4, 0.5) is 11.4 Å². The van der Waals surface area contributed by atoms with Crippen LogP contribution in [-0.2, 0) is 4.79 Å². The number of carbonyl (C=O) groups excluding carboxylic acids is 2. The first-order valence-electron chi connectivity index (χ1n) is 5.88. The van der Waals surface area contributed by atoms with Gasteiger partial charge in [0, 0.05) is 25.3 Å². The molecular weight excluding hydrogens is 324 g/mol. The minimum atomic E-state index is -0.349. The molecular formula is C14H13BrN2O3. The van der Waals surface area contributed by atoms with Crippen molar-refractivity contribution in [1.29, 1.82) is 0 Å². The highest BCUT2D eigenvalue weighted by Crippen LogP contribution is 2.20. The van der Waals surface area contributed by atoms with E-state index in [9.17, 15) is 9.59 Å². The normalized spacial score (nSPS) is 10.2. The van der Waals surface area contributed by atoms with Crippen LogP contribution >= 0.6 is 15.9 Å². The molecule has 0 fully saturated rings. The summed E-state index contributed by atoms with van der Waals surface area (Å²) in [4.78, 5) is 24.8. The topological polar surface area (TPSA) is 62.6 Å². The molecule has 1 aromatic carbocycles. The van der Waals surface area contributed by atoms with E-state index in [-0.39, 0.29) is 17.6 Å². The summed E-state index contributed by atoms with van der Waals surface area (Å²) in [5.74, 6) is -0.219. The smallest absolute Gasteiger partial charge is 0.291 e. The van der Waals surface area contributed by atoms with E-state index in [1.807, 2.05) is 0 Å². The number of nitrogens with zero attached hydrogens (tertiary/aromatic N) is 1. The molecule has 0 radical (unpaired) electrons. The van der Waals surface area contributed by atoms with Crippen LogP contribution in [0, 0.1) is 0 Å². The highest BCUT2D eigenvalue weighted by atomic mass is 79.9. The van der Waals surface area contributed by atoms with Crippen LogP contribution in [0.2, 0.25) is 0 Å². The molecule has 0 saturated carbocycles. The maximum Gasteiger partial charge on any atom is 0.291 e. The zero-order chi connectivity index (χ0) is 14.7. The third-order valence-corrected chi connectivity index (χ3v) is 3.19. The number of hydrogen-bond acceptors (Lipinski definition) is 3. The molecule has 0 aliphatic heterocycles. The number of anilines is 2. The van der Waals surface area contributed by atoms with Crippen LogP contribution in [0.25, 0.3) is 0 Å². The Bertz CT molecular complexity index is 651. The van der Waals surface area contributed by atoms with E-state index in [1.165, 1.54) is 11.8 Å². The number of hydrogen-bond donors (Lipinski definition) is 1. The third kappa shape index (κ3) is 3.27. The fourth-order valence-electron chi connectivity index (χ4n) is 1.60. The third-order valence-electron chi connectivity index (χ3n) is 2.76. The lowest BCUT2D eigenvalue weighted by molar-refractivity contribution is -0.116. The summed E-state index contributed by atoms with van der Waals surface area (Å²) in [7, 11) is 1.67. The Morgan fingerprint density at radius 2 is 2.00 bits per heavy atom. The van der Waals surface area contributed by atoms with Crippen LogP contribution in [0.5, 0.6) is 0 Å². The van der Waals surface area contributed by atoms with Crippen molar-refractivity contribution in [2.75, 3.05) is 17.3 Å². The molecule has 104 valence electrons. The molecule has 0 saturated heterocycles. The highest BCUT2D eigenvalue weighted by molar-refractivity contribution is 9.10. The Labute approximate surface area is 124 Å². The lowest BCUT2D eigenvalue weighted by Gasteiger charge is -2.15. The van der Waals surface area contributed by atoms with E-state index in [0.29, 0.717) is 16.0 Å². The molecule has 0 atom stereocenters. The highest BCUT2D eigenvalue weighted by Gasteiger charge is 2.12. The zero-order valence-corrected chi connectivity index (χ0v) is 12.6. The predicted octanol–water partition coefficient (Wildman–Crippen LogP) is 3.28. The number of halogens is 1. The minimum Gasteiger partial charge on any atom is -0.444 e. The molecule has 0 aliphatic rings. The fraction of sp³-hybridized carbons (Fsp3) is 0.143. The van der Waals surface area contributed by atoms with Gasteiger partial charge >= 0.3 is 0 Å². The fourth-order valence-corrected chi connectivity index (χ4v) is 1.91. The van der Waals surface area contributed by atoms with E-state index < -0.39 is 0 Å². The molecule has 0 aliphatic carbocycles. The zero-order valence-electron chi connectivity index (χ0n) is 11.0. The van der Waals surface area contributed by atoms with Gasteiger partial charge in [0.15, 0.2) is 10.4 Å². The molecule has 1 N–H and O–H groups in total. The summed E-state index contributed by atoms with van der Waals surface area (Å²) >= 11 is 3.14. The summed E-state index contributed by atoms with van der Waals surface area (Å²) in [5.41, 5.74) is 1.30. The van der Waals surface area contributed by atoms with Crippen molar-refractivity contribution in [3.05, 3.63) is 46.8 Å². The first-order chi connectivity index (χ1) is 9.47. The summed E-state index contributed by atoms with van der Waals surface area (Å²) < 4.78 is 5.67. The van der Waals surface area contributed by atoms with Gasteiger partial charge in [0.1, 0.15) is 0 Å². The largest absolute Gasteiger partial charge is 0.444 e. The Hall–Kier alpha value is -2.08. The van der Waals surface area contributed by atoms with Gasteiger partial charge in [0.2, 0.25) is 5.91 Å². The number of carbonyl (C=O) groups is 2. The van der Waals surface area contributed by atoms with Crippen LogP contribution in [-0.4, -0.2) is 18.9 Å². The number of furan rings is 1. The molecule has 0 bridgehead atoms. The molecule has 2 amide bonds. The maximum absolute atomic E-state index is 11.9. The Kier molecular flexibility index (Phi) is 4.24. The van der Waals surface area contributed by atoms with Crippen LogP contribution in [0.15, 0.2) is 45.5 Å². The Balaban J connectivity index is 2.16. The van der Waals surface area contributed by atoms with Crippen LogP contribution in [0.1, 0.15) is 17.5 Å².